The summed E-state index contributed by atoms with van der Waals surface area (Å²) in [5.74, 6) is 0. The van der Waals surface area contributed by atoms with E-state index in [0.717, 1.165) is 0 Å². The Kier molecular flexibility index (Phi) is 8.77. The fourth-order valence-electron chi connectivity index (χ4n) is 0. The Bertz CT molecular complexity index is 29.9. The Morgan fingerprint density at radius 2 is 1.40 bits per heavy atom. The molecule has 3 nitrogen and oxygen atoms in total. The molecule has 0 aliphatic rings. The predicted octanol–water partition coefficient (Wildman–Crippen LogP) is -0.158. The smallest absolute Gasteiger partial charge is 0.450 e. The molecule has 0 atom stereocenters. The van der Waals surface area contributed by atoms with Crippen LogP contribution >= 0.6 is 0 Å². The first kappa shape index (κ1) is 9.23. The number of carbonyl (C=O) groups is 1. The SMILES string of the molecule is O=C(O)O.[Sr+2]. The van der Waals surface area contributed by atoms with E-state index in [0.29, 0.717) is 0 Å². The van der Waals surface area contributed by atoms with Gasteiger partial charge in [-0.2, -0.15) is 0 Å². The van der Waals surface area contributed by atoms with E-state index < -0.39 is 6.16 Å². The molecule has 2 N–H and O–H groups in total. The van der Waals surface area contributed by atoms with Crippen LogP contribution in [0.2, 0.25) is 0 Å². The van der Waals surface area contributed by atoms with E-state index in [1.165, 1.54) is 0 Å². The molecular formula is CH2O3Sr+2. The molecule has 0 saturated heterocycles. The van der Waals surface area contributed by atoms with Crippen LogP contribution in [0.1, 0.15) is 0 Å². The molecule has 0 aromatic heterocycles. The van der Waals surface area contributed by atoms with Gasteiger partial charge in [0.1, 0.15) is 0 Å². The van der Waals surface area contributed by atoms with Gasteiger partial charge >= 0.3 is 51.6 Å². The summed E-state index contributed by atoms with van der Waals surface area (Å²) in [5, 5.41) is 13.9. The van der Waals surface area contributed by atoms with Gasteiger partial charge in [0, 0.05) is 0 Å². The van der Waals surface area contributed by atoms with Crippen molar-refractivity contribution in [2.24, 2.45) is 0 Å². The third-order valence-electron chi connectivity index (χ3n) is 0. The van der Waals surface area contributed by atoms with Crippen molar-refractivity contribution in [2.75, 3.05) is 0 Å². The number of hydrogen-bond acceptors (Lipinski definition) is 1. The zero-order chi connectivity index (χ0) is 3.58. The van der Waals surface area contributed by atoms with Crippen molar-refractivity contribution in [1.82, 2.24) is 0 Å². The molecule has 0 aromatic carbocycles. The predicted molar refractivity (Wildman–Crippen MR) is 16.4 cm³/mol. The quantitative estimate of drug-likeness (QED) is 0.471. The Balaban J connectivity index is 0. The second-order valence-electron chi connectivity index (χ2n) is 0.283. The summed E-state index contributed by atoms with van der Waals surface area (Å²) >= 11 is 0. The van der Waals surface area contributed by atoms with Crippen LogP contribution in [0.3, 0.4) is 0 Å². The van der Waals surface area contributed by atoms with E-state index in [1.54, 1.807) is 0 Å². The largest absolute Gasteiger partial charge is 2.00 e. The van der Waals surface area contributed by atoms with Crippen molar-refractivity contribution in [3.63, 3.8) is 0 Å². The molecule has 0 heterocycles. The van der Waals surface area contributed by atoms with Crippen LogP contribution in [0.5, 0.6) is 0 Å². The molecule has 4 heteroatoms. The van der Waals surface area contributed by atoms with Crippen LogP contribution in [-0.2, 0) is 0 Å². The Morgan fingerprint density at radius 1 is 1.40 bits per heavy atom. The molecule has 0 fully saturated rings. The molecule has 0 rings (SSSR count). The van der Waals surface area contributed by atoms with Gasteiger partial charge in [-0.25, -0.2) is 4.79 Å². The van der Waals surface area contributed by atoms with E-state index >= 15 is 0 Å². The average Bonchev–Trinajstić information content (AvgIpc) is 0.811. The van der Waals surface area contributed by atoms with Gasteiger partial charge in [0.05, 0.1) is 0 Å². The fraction of sp³-hybridized carbons (Fsp3) is 0. The molecule has 0 aliphatic heterocycles. The summed E-state index contributed by atoms with van der Waals surface area (Å²) in [6.45, 7) is 0. The first-order chi connectivity index (χ1) is 1.73. The van der Waals surface area contributed by atoms with Gasteiger partial charge in [-0.1, -0.05) is 0 Å². The minimum atomic E-state index is -1.83. The maximum Gasteiger partial charge on any atom is 2.00 e. The van der Waals surface area contributed by atoms with Gasteiger partial charge < -0.3 is 10.2 Å². The zero-order valence-electron chi connectivity index (χ0n) is 2.51. The standard InChI is InChI=1S/CH2O3.Sr/c2-1(3)4;/h(H2,2,3,4);/q;+2. The number of rotatable bonds is 0. The zero-order valence-corrected chi connectivity index (χ0v) is 5.99. The average molecular weight is 150 g/mol. The van der Waals surface area contributed by atoms with E-state index in [9.17, 15) is 0 Å². The Morgan fingerprint density at radius 3 is 1.40 bits per heavy atom. The molecule has 0 amide bonds. The Hall–Kier alpha value is 0.751. The minimum Gasteiger partial charge on any atom is -0.450 e. The van der Waals surface area contributed by atoms with Crippen LogP contribution in [0.25, 0.3) is 0 Å². The molecule has 0 bridgehead atoms. The fourth-order valence-corrected chi connectivity index (χ4v) is 0. The molecule has 0 unspecified atom stereocenters. The molecule has 0 saturated carbocycles. The van der Waals surface area contributed by atoms with E-state index in [-0.39, 0.29) is 45.5 Å². The summed E-state index contributed by atoms with van der Waals surface area (Å²) in [7, 11) is 0. The first-order valence-corrected chi connectivity index (χ1v) is 0.651. The van der Waals surface area contributed by atoms with Gasteiger partial charge in [0.25, 0.3) is 0 Å². The van der Waals surface area contributed by atoms with Crippen molar-refractivity contribution in [2.45, 2.75) is 0 Å². The van der Waals surface area contributed by atoms with Crippen LogP contribution in [0.4, 0.5) is 4.79 Å². The second-order valence-corrected chi connectivity index (χ2v) is 0.283. The van der Waals surface area contributed by atoms with Crippen molar-refractivity contribution in [3.8, 4) is 0 Å². The summed E-state index contributed by atoms with van der Waals surface area (Å²) in [6.07, 6.45) is -1.83. The molecule has 0 spiro atoms. The van der Waals surface area contributed by atoms with Crippen LogP contribution in [0, 0.1) is 0 Å². The molecule has 0 aromatic rings. The second kappa shape index (κ2) is 4.75. The normalized spacial score (nSPS) is 4.80. The molecule has 24 valence electrons. The first-order valence-electron chi connectivity index (χ1n) is 0.651. The van der Waals surface area contributed by atoms with Crippen molar-refractivity contribution in [3.05, 3.63) is 0 Å². The van der Waals surface area contributed by atoms with Crippen molar-refractivity contribution in [1.29, 1.82) is 0 Å². The van der Waals surface area contributed by atoms with Gasteiger partial charge in [-0.3, -0.25) is 0 Å². The minimum absolute atomic E-state index is 0. The topological polar surface area (TPSA) is 57.5 Å². The van der Waals surface area contributed by atoms with Gasteiger partial charge in [0.2, 0.25) is 0 Å². The van der Waals surface area contributed by atoms with Crippen molar-refractivity contribution < 1.29 is 15.0 Å². The molecule has 0 aliphatic carbocycles. The summed E-state index contributed by atoms with van der Waals surface area (Å²) < 4.78 is 0. The molecule has 0 radical (unpaired) electrons. The van der Waals surface area contributed by atoms with Crippen LogP contribution in [-0.4, -0.2) is 61.9 Å². The van der Waals surface area contributed by atoms with Crippen LogP contribution in [0.15, 0.2) is 0 Å². The van der Waals surface area contributed by atoms with Crippen LogP contribution < -0.4 is 0 Å². The number of hydrogen-bond donors (Lipinski definition) is 2. The van der Waals surface area contributed by atoms with Gasteiger partial charge in [0.15, 0.2) is 0 Å². The van der Waals surface area contributed by atoms with Crippen molar-refractivity contribution >= 4 is 51.6 Å². The third kappa shape index (κ3) is 63.8. The van der Waals surface area contributed by atoms with Gasteiger partial charge in [-0.05, 0) is 0 Å². The number of carboxylic acid groups (broad SMARTS) is 2. The summed E-state index contributed by atoms with van der Waals surface area (Å²) in [5.41, 5.74) is 0. The monoisotopic (exact) mass is 150 g/mol. The third-order valence-corrected chi connectivity index (χ3v) is 0. The summed E-state index contributed by atoms with van der Waals surface area (Å²) in [4.78, 5) is 8.56. The van der Waals surface area contributed by atoms with E-state index in [1.807, 2.05) is 0 Å². The maximum atomic E-state index is 8.56. The summed E-state index contributed by atoms with van der Waals surface area (Å²) in [6, 6.07) is 0. The maximum absolute atomic E-state index is 8.56. The molecular weight excluding hydrogens is 148 g/mol. The van der Waals surface area contributed by atoms with Gasteiger partial charge in [-0.15, -0.1) is 0 Å². The molecule has 5 heavy (non-hydrogen) atoms. The van der Waals surface area contributed by atoms with E-state index in [2.05, 4.69) is 0 Å². The Labute approximate surface area is 65.9 Å². The van der Waals surface area contributed by atoms with E-state index in [4.69, 9.17) is 15.0 Å².